The predicted molar refractivity (Wildman–Crippen MR) is 56.4 cm³/mol. The van der Waals surface area contributed by atoms with Crippen molar-refractivity contribution in [3.63, 3.8) is 0 Å². The second-order valence-electron chi connectivity index (χ2n) is 3.31. The third kappa shape index (κ3) is 2.71. The zero-order valence-electron chi connectivity index (χ0n) is 8.61. The number of amides is 1. The number of anilines is 1. The molecule has 78 valence electrons. The van der Waals surface area contributed by atoms with Crippen molar-refractivity contribution in [2.75, 3.05) is 5.32 Å². The van der Waals surface area contributed by atoms with Gasteiger partial charge in [0.1, 0.15) is 5.75 Å². The molecule has 2 N–H and O–H groups in total. The number of nitrogens with zero attached hydrogens (tertiary/aromatic N) is 1. The predicted octanol–water partition coefficient (Wildman–Crippen LogP) is 1.98. The van der Waals surface area contributed by atoms with Crippen molar-refractivity contribution in [2.45, 2.75) is 19.8 Å². The molecule has 0 radical (unpaired) electrons. The minimum atomic E-state index is -0.266. The van der Waals surface area contributed by atoms with Crippen molar-refractivity contribution in [1.82, 2.24) is 0 Å². The molecule has 0 bridgehead atoms. The van der Waals surface area contributed by atoms with Crippen LogP contribution in [0.3, 0.4) is 0 Å². The zero-order chi connectivity index (χ0) is 11.4. The maximum atomic E-state index is 10.8. The number of nitriles is 1. The molecule has 1 atom stereocenters. The number of aromatic hydroxyl groups is 1. The Kier molecular flexibility index (Phi) is 3.29. The standard InChI is InChI=1S/C11H12N2O2/c1-7(6-12)9-3-4-11(15)10(5-9)13-8(2)14/h3-5,7,15H,1-2H3,(H,13,14). The van der Waals surface area contributed by atoms with E-state index in [4.69, 9.17) is 5.26 Å². The van der Waals surface area contributed by atoms with Gasteiger partial charge in [-0.2, -0.15) is 5.26 Å². The number of rotatable bonds is 2. The summed E-state index contributed by atoms with van der Waals surface area (Å²) >= 11 is 0. The van der Waals surface area contributed by atoms with Gasteiger partial charge in [0.15, 0.2) is 0 Å². The number of nitrogens with one attached hydrogen (secondary N) is 1. The van der Waals surface area contributed by atoms with Gasteiger partial charge >= 0.3 is 0 Å². The summed E-state index contributed by atoms with van der Waals surface area (Å²) in [7, 11) is 0. The summed E-state index contributed by atoms with van der Waals surface area (Å²) < 4.78 is 0. The van der Waals surface area contributed by atoms with Gasteiger partial charge in [-0.15, -0.1) is 0 Å². The topological polar surface area (TPSA) is 73.1 Å². The van der Waals surface area contributed by atoms with E-state index in [-0.39, 0.29) is 17.6 Å². The van der Waals surface area contributed by atoms with E-state index in [1.165, 1.54) is 13.0 Å². The molecule has 1 amide bonds. The summed E-state index contributed by atoms with van der Waals surface area (Å²) in [5, 5.41) is 20.7. The highest BCUT2D eigenvalue weighted by molar-refractivity contribution is 5.90. The van der Waals surface area contributed by atoms with E-state index in [1.54, 1.807) is 19.1 Å². The van der Waals surface area contributed by atoms with Crippen molar-refractivity contribution in [3.8, 4) is 11.8 Å². The van der Waals surface area contributed by atoms with Crippen LogP contribution in [-0.4, -0.2) is 11.0 Å². The maximum Gasteiger partial charge on any atom is 0.221 e. The van der Waals surface area contributed by atoms with Crippen molar-refractivity contribution in [1.29, 1.82) is 5.26 Å². The molecule has 0 saturated heterocycles. The SMILES string of the molecule is CC(=O)Nc1cc(C(C)C#N)ccc1O. The van der Waals surface area contributed by atoms with Gasteiger partial charge < -0.3 is 10.4 Å². The van der Waals surface area contributed by atoms with Gasteiger partial charge in [0.25, 0.3) is 0 Å². The average molecular weight is 204 g/mol. The molecule has 0 fully saturated rings. The van der Waals surface area contributed by atoms with Crippen LogP contribution in [0.5, 0.6) is 5.75 Å². The van der Waals surface area contributed by atoms with Crippen LogP contribution in [0.15, 0.2) is 18.2 Å². The Morgan fingerprint density at radius 2 is 2.27 bits per heavy atom. The fourth-order valence-electron chi connectivity index (χ4n) is 1.19. The summed E-state index contributed by atoms with van der Waals surface area (Å²) in [6, 6.07) is 6.82. The Morgan fingerprint density at radius 1 is 1.60 bits per heavy atom. The molecule has 0 spiro atoms. The molecule has 4 heteroatoms. The van der Waals surface area contributed by atoms with Crippen molar-refractivity contribution in [2.24, 2.45) is 0 Å². The van der Waals surface area contributed by atoms with Crippen LogP contribution in [0.25, 0.3) is 0 Å². The van der Waals surface area contributed by atoms with Crippen LogP contribution >= 0.6 is 0 Å². The largest absolute Gasteiger partial charge is 0.506 e. The maximum absolute atomic E-state index is 10.8. The molecule has 1 rings (SSSR count). The first kappa shape index (κ1) is 11.1. The quantitative estimate of drug-likeness (QED) is 0.723. The normalized spacial score (nSPS) is 11.5. The summed E-state index contributed by atoms with van der Waals surface area (Å²) in [4.78, 5) is 10.8. The zero-order valence-corrected chi connectivity index (χ0v) is 8.61. The van der Waals surface area contributed by atoms with Gasteiger partial charge in [0.2, 0.25) is 5.91 Å². The van der Waals surface area contributed by atoms with Crippen LogP contribution < -0.4 is 5.32 Å². The van der Waals surface area contributed by atoms with E-state index in [0.717, 1.165) is 5.56 Å². The van der Waals surface area contributed by atoms with E-state index in [2.05, 4.69) is 11.4 Å². The molecule has 4 nitrogen and oxygen atoms in total. The van der Waals surface area contributed by atoms with E-state index in [1.807, 2.05) is 0 Å². The first-order valence-corrected chi connectivity index (χ1v) is 4.54. The van der Waals surface area contributed by atoms with E-state index >= 15 is 0 Å². The second-order valence-corrected chi connectivity index (χ2v) is 3.31. The monoisotopic (exact) mass is 204 g/mol. The van der Waals surface area contributed by atoms with Crippen molar-refractivity contribution in [3.05, 3.63) is 23.8 Å². The summed E-state index contributed by atoms with van der Waals surface area (Å²) in [6.45, 7) is 3.11. The van der Waals surface area contributed by atoms with Crippen LogP contribution in [0.4, 0.5) is 5.69 Å². The lowest BCUT2D eigenvalue weighted by atomic mass is 10.0. The van der Waals surface area contributed by atoms with Crippen LogP contribution in [-0.2, 0) is 4.79 Å². The molecule has 0 aliphatic rings. The average Bonchev–Trinajstić information content (AvgIpc) is 2.19. The first-order chi connectivity index (χ1) is 7.04. The molecule has 0 heterocycles. The molecule has 0 aromatic heterocycles. The lowest BCUT2D eigenvalue weighted by molar-refractivity contribution is -0.114. The summed E-state index contributed by atoms with van der Waals surface area (Å²) in [5.41, 5.74) is 1.10. The Hall–Kier alpha value is -2.02. The van der Waals surface area contributed by atoms with Gasteiger partial charge in [-0.3, -0.25) is 4.79 Å². The minimum absolute atomic E-state index is 0.000843. The fraction of sp³-hybridized carbons (Fsp3) is 0.273. The number of hydrogen-bond donors (Lipinski definition) is 2. The fourth-order valence-corrected chi connectivity index (χ4v) is 1.19. The highest BCUT2D eigenvalue weighted by atomic mass is 16.3. The Morgan fingerprint density at radius 3 is 2.80 bits per heavy atom. The number of phenolic OH excluding ortho intramolecular Hbond substituents is 1. The van der Waals surface area contributed by atoms with E-state index in [9.17, 15) is 9.90 Å². The van der Waals surface area contributed by atoms with Crippen LogP contribution in [0.2, 0.25) is 0 Å². The summed E-state index contributed by atoms with van der Waals surface area (Å²) in [6.07, 6.45) is 0. The first-order valence-electron chi connectivity index (χ1n) is 4.54. The van der Waals surface area contributed by atoms with Crippen molar-refractivity contribution < 1.29 is 9.90 Å². The molecular weight excluding hydrogens is 192 g/mol. The minimum Gasteiger partial charge on any atom is -0.506 e. The van der Waals surface area contributed by atoms with Gasteiger partial charge in [-0.05, 0) is 24.6 Å². The Balaban J connectivity index is 3.06. The third-order valence-corrected chi connectivity index (χ3v) is 2.02. The molecular formula is C11H12N2O2. The highest BCUT2D eigenvalue weighted by Gasteiger charge is 2.08. The van der Waals surface area contributed by atoms with Gasteiger partial charge in [0.05, 0.1) is 17.7 Å². The highest BCUT2D eigenvalue weighted by Crippen LogP contribution is 2.27. The molecule has 0 aliphatic carbocycles. The number of hydrogen-bond acceptors (Lipinski definition) is 3. The van der Waals surface area contributed by atoms with Crippen molar-refractivity contribution >= 4 is 11.6 Å². The number of benzene rings is 1. The Bertz CT molecular complexity index is 421. The van der Waals surface area contributed by atoms with Crippen LogP contribution in [0, 0.1) is 11.3 Å². The van der Waals surface area contributed by atoms with Crippen LogP contribution in [0.1, 0.15) is 25.3 Å². The second kappa shape index (κ2) is 4.47. The Labute approximate surface area is 88.2 Å². The van der Waals surface area contributed by atoms with Gasteiger partial charge in [-0.25, -0.2) is 0 Å². The number of carbonyl (C=O) groups is 1. The molecule has 1 aromatic carbocycles. The number of phenols is 1. The molecule has 15 heavy (non-hydrogen) atoms. The van der Waals surface area contributed by atoms with E-state index in [0.29, 0.717) is 5.69 Å². The molecule has 0 saturated carbocycles. The lowest BCUT2D eigenvalue weighted by Gasteiger charge is -2.08. The lowest BCUT2D eigenvalue weighted by Crippen LogP contribution is -2.06. The third-order valence-electron chi connectivity index (χ3n) is 2.02. The molecule has 1 unspecified atom stereocenters. The smallest absolute Gasteiger partial charge is 0.221 e. The molecule has 0 aliphatic heterocycles. The van der Waals surface area contributed by atoms with E-state index < -0.39 is 0 Å². The number of carbonyl (C=O) groups excluding carboxylic acids is 1. The summed E-state index contributed by atoms with van der Waals surface area (Å²) in [5.74, 6) is -0.524. The van der Waals surface area contributed by atoms with Gasteiger partial charge in [-0.1, -0.05) is 6.07 Å². The van der Waals surface area contributed by atoms with Gasteiger partial charge in [0, 0.05) is 6.92 Å². The molecule has 1 aromatic rings.